The van der Waals surface area contributed by atoms with E-state index in [-0.39, 0.29) is 24.2 Å². The number of carbonyl (C=O) groups is 1. The normalized spacial score (nSPS) is 11.5. The number of terminal acetylenes is 1. The molecule has 3 rings (SSSR count). The molecule has 0 aromatic heterocycles. The van der Waals surface area contributed by atoms with Gasteiger partial charge in [-0.15, -0.1) is 6.42 Å². The van der Waals surface area contributed by atoms with E-state index in [0.717, 1.165) is 27.0 Å². The van der Waals surface area contributed by atoms with Crippen molar-refractivity contribution in [3.8, 4) is 18.1 Å². The molecule has 3 aromatic carbocycles. The van der Waals surface area contributed by atoms with Crippen molar-refractivity contribution < 1.29 is 18.7 Å². The van der Waals surface area contributed by atoms with Crippen LogP contribution in [0.25, 0.3) is 10.8 Å². The monoisotopic (exact) mass is 452 g/mol. The first-order chi connectivity index (χ1) is 15.5. The number of rotatable bonds is 9. The summed E-state index contributed by atoms with van der Waals surface area (Å²) in [7, 11) is 2.81. The molecule has 0 aliphatic heterocycles. The van der Waals surface area contributed by atoms with Gasteiger partial charge in [0.15, 0.2) is 11.6 Å². The zero-order valence-electron chi connectivity index (χ0n) is 18.2. The fourth-order valence-electron chi connectivity index (χ4n) is 3.46. The predicted molar refractivity (Wildman–Crippen MR) is 129 cm³/mol. The van der Waals surface area contributed by atoms with Gasteiger partial charge in [-0.2, -0.15) is 0 Å². The molecular formula is C25H25FN2O3S. The molecule has 7 heteroatoms. The maximum atomic E-state index is 14.0. The molecule has 0 fully saturated rings. The molecule has 1 atom stereocenters. The largest absolute Gasteiger partial charge is 0.494 e. The highest BCUT2D eigenvalue weighted by Crippen LogP contribution is 2.36. The number of fused-ring (bicyclic) bond motifs is 1. The highest BCUT2D eigenvalue weighted by Gasteiger charge is 2.20. The first kappa shape index (κ1) is 23.3. The molecule has 0 bridgehead atoms. The molecule has 0 saturated heterocycles. The van der Waals surface area contributed by atoms with Gasteiger partial charge in [0.2, 0.25) is 0 Å². The van der Waals surface area contributed by atoms with E-state index in [9.17, 15) is 9.18 Å². The topological polar surface area (TPSA) is 50.8 Å². The summed E-state index contributed by atoms with van der Waals surface area (Å²) in [6.45, 7) is 2.30. The SMILES string of the molecule is C#CCN(c1ccc(NSc2ccc(OC)c(F)c2)c2ccccc12)[C@@H](C)CC(=O)OC. The number of benzene rings is 3. The van der Waals surface area contributed by atoms with Gasteiger partial charge in [0.25, 0.3) is 0 Å². The van der Waals surface area contributed by atoms with Crippen molar-refractivity contribution in [3.05, 3.63) is 60.4 Å². The Morgan fingerprint density at radius 1 is 1.19 bits per heavy atom. The summed E-state index contributed by atoms with van der Waals surface area (Å²) >= 11 is 1.31. The van der Waals surface area contributed by atoms with Crippen LogP contribution in [0.15, 0.2) is 59.5 Å². The number of esters is 1. The maximum Gasteiger partial charge on any atom is 0.307 e. The summed E-state index contributed by atoms with van der Waals surface area (Å²) in [6, 6.07) is 16.5. The molecule has 0 amide bonds. The van der Waals surface area contributed by atoms with E-state index < -0.39 is 5.82 Å². The fourth-order valence-corrected chi connectivity index (χ4v) is 4.16. The van der Waals surface area contributed by atoms with Gasteiger partial charge in [-0.3, -0.25) is 4.79 Å². The third-order valence-corrected chi connectivity index (χ3v) is 5.91. The number of halogens is 1. The molecule has 0 aliphatic carbocycles. The van der Waals surface area contributed by atoms with Gasteiger partial charge in [-0.05, 0) is 49.2 Å². The number of carbonyl (C=O) groups excluding carboxylic acids is 1. The van der Waals surface area contributed by atoms with Gasteiger partial charge in [0.05, 0.1) is 32.9 Å². The third-order valence-electron chi connectivity index (χ3n) is 5.10. The molecule has 166 valence electrons. The Hall–Kier alpha value is -3.37. The fraction of sp³-hybridized carbons (Fsp3) is 0.240. The minimum atomic E-state index is -0.413. The third kappa shape index (κ3) is 5.27. The zero-order chi connectivity index (χ0) is 23.1. The molecule has 0 unspecified atom stereocenters. The highest BCUT2D eigenvalue weighted by atomic mass is 32.2. The first-order valence-corrected chi connectivity index (χ1v) is 10.8. The Labute approximate surface area is 192 Å². The van der Waals surface area contributed by atoms with Gasteiger partial charge >= 0.3 is 5.97 Å². The van der Waals surface area contributed by atoms with Crippen LogP contribution in [0, 0.1) is 18.2 Å². The van der Waals surface area contributed by atoms with E-state index in [1.807, 2.05) is 48.2 Å². The summed E-state index contributed by atoms with van der Waals surface area (Å²) in [4.78, 5) is 14.6. The molecule has 0 saturated carbocycles. The predicted octanol–water partition coefficient (Wildman–Crippen LogP) is 5.50. The quantitative estimate of drug-likeness (QED) is 0.263. The lowest BCUT2D eigenvalue weighted by Gasteiger charge is -2.30. The second-order valence-corrected chi connectivity index (χ2v) is 8.02. The molecular weight excluding hydrogens is 427 g/mol. The second-order valence-electron chi connectivity index (χ2n) is 7.14. The standard InChI is InChI=1S/C25H25FN2O3S/c1-5-14-28(17(2)15-25(29)31-4)23-12-11-22(19-8-6-7-9-20(19)23)27-32-18-10-13-24(30-3)21(26)16-18/h1,6-13,16-17,27H,14-15H2,2-4H3/t17-/m0/s1. The number of anilines is 2. The number of nitrogens with one attached hydrogen (secondary N) is 1. The number of hydrogen-bond acceptors (Lipinski definition) is 6. The number of ether oxygens (including phenoxy) is 2. The van der Waals surface area contributed by atoms with E-state index in [0.29, 0.717) is 6.54 Å². The Balaban J connectivity index is 1.91. The average molecular weight is 453 g/mol. The Kier molecular flexibility index (Phi) is 7.85. The number of hydrogen-bond donors (Lipinski definition) is 1. The zero-order valence-corrected chi connectivity index (χ0v) is 19.0. The van der Waals surface area contributed by atoms with E-state index in [4.69, 9.17) is 15.9 Å². The van der Waals surface area contributed by atoms with Crippen LogP contribution >= 0.6 is 11.9 Å². The highest BCUT2D eigenvalue weighted by molar-refractivity contribution is 8.00. The van der Waals surface area contributed by atoms with Crippen LogP contribution in [0.1, 0.15) is 13.3 Å². The van der Waals surface area contributed by atoms with Crippen LogP contribution in [0.3, 0.4) is 0 Å². The maximum absolute atomic E-state index is 14.0. The molecule has 32 heavy (non-hydrogen) atoms. The molecule has 5 nitrogen and oxygen atoms in total. The lowest BCUT2D eigenvalue weighted by atomic mass is 10.0. The smallest absolute Gasteiger partial charge is 0.307 e. The van der Waals surface area contributed by atoms with Gasteiger partial charge in [0.1, 0.15) is 0 Å². The van der Waals surface area contributed by atoms with Crippen LogP contribution < -0.4 is 14.4 Å². The van der Waals surface area contributed by atoms with Crippen molar-refractivity contribution in [2.75, 3.05) is 30.4 Å². The Bertz CT molecular complexity index is 1150. The van der Waals surface area contributed by atoms with Crippen LogP contribution in [0.2, 0.25) is 0 Å². The van der Waals surface area contributed by atoms with Crippen molar-refractivity contribution in [2.24, 2.45) is 0 Å². The van der Waals surface area contributed by atoms with Gasteiger partial charge in [-0.25, -0.2) is 4.39 Å². The first-order valence-electron chi connectivity index (χ1n) is 10.0. The lowest BCUT2D eigenvalue weighted by molar-refractivity contribution is -0.140. The molecule has 0 heterocycles. The number of nitrogens with zero attached hydrogens (tertiary/aromatic N) is 1. The molecule has 0 aliphatic rings. The minimum absolute atomic E-state index is 0.141. The summed E-state index contributed by atoms with van der Waals surface area (Å²) in [5.41, 5.74) is 1.81. The molecule has 1 N–H and O–H groups in total. The van der Waals surface area contributed by atoms with E-state index >= 15 is 0 Å². The van der Waals surface area contributed by atoms with Crippen molar-refractivity contribution in [1.29, 1.82) is 0 Å². The van der Waals surface area contributed by atoms with Gasteiger partial charge in [0, 0.05) is 27.4 Å². The molecule has 0 radical (unpaired) electrons. The Morgan fingerprint density at radius 2 is 1.94 bits per heavy atom. The van der Waals surface area contributed by atoms with Crippen LogP contribution in [-0.4, -0.2) is 32.8 Å². The second kappa shape index (κ2) is 10.8. The van der Waals surface area contributed by atoms with Crippen molar-refractivity contribution in [1.82, 2.24) is 0 Å². The van der Waals surface area contributed by atoms with Crippen LogP contribution in [0.5, 0.6) is 5.75 Å². The Morgan fingerprint density at radius 3 is 2.59 bits per heavy atom. The van der Waals surface area contributed by atoms with Crippen molar-refractivity contribution in [2.45, 2.75) is 24.3 Å². The summed E-state index contributed by atoms with van der Waals surface area (Å²) in [5.74, 6) is 2.19. The lowest BCUT2D eigenvalue weighted by Crippen LogP contribution is -2.35. The van der Waals surface area contributed by atoms with E-state index in [2.05, 4.69) is 10.6 Å². The van der Waals surface area contributed by atoms with Crippen LogP contribution in [0.4, 0.5) is 15.8 Å². The molecule has 0 spiro atoms. The average Bonchev–Trinajstić information content (AvgIpc) is 2.81. The minimum Gasteiger partial charge on any atom is -0.494 e. The summed E-state index contributed by atoms with van der Waals surface area (Å²) in [5, 5.41) is 1.98. The van der Waals surface area contributed by atoms with E-state index in [1.54, 1.807) is 12.1 Å². The van der Waals surface area contributed by atoms with Crippen molar-refractivity contribution >= 4 is 40.1 Å². The number of methoxy groups -OCH3 is 2. The van der Waals surface area contributed by atoms with Gasteiger partial charge in [-0.1, -0.05) is 30.2 Å². The van der Waals surface area contributed by atoms with Gasteiger partial charge < -0.3 is 19.1 Å². The van der Waals surface area contributed by atoms with Crippen molar-refractivity contribution in [3.63, 3.8) is 0 Å². The summed E-state index contributed by atoms with van der Waals surface area (Å²) < 4.78 is 27.1. The summed E-state index contributed by atoms with van der Waals surface area (Å²) in [6.07, 6.45) is 5.85. The molecule has 3 aromatic rings. The van der Waals surface area contributed by atoms with Crippen LogP contribution in [-0.2, 0) is 9.53 Å². The van der Waals surface area contributed by atoms with E-state index in [1.165, 1.54) is 32.2 Å².